The molecule has 3 aromatic heterocycles. The van der Waals surface area contributed by atoms with E-state index in [1.165, 1.54) is 11.3 Å². The molecule has 7 heteroatoms. The molecule has 92 valence electrons. The Balaban J connectivity index is 2.29. The number of hydrogen-bond acceptors (Lipinski definition) is 5. The average Bonchev–Trinajstić information content (AvgIpc) is 2.94. The molecule has 0 spiro atoms. The monoisotopic (exact) mass is 325 g/mol. The van der Waals surface area contributed by atoms with Gasteiger partial charge in [-0.05, 0) is 28.1 Å². The summed E-state index contributed by atoms with van der Waals surface area (Å²) in [5.41, 5.74) is 0.616. The van der Waals surface area contributed by atoms with E-state index >= 15 is 0 Å². The number of nitrogens with one attached hydrogen (secondary N) is 1. The van der Waals surface area contributed by atoms with Gasteiger partial charge in [-0.25, -0.2) is 0 Å². The number of rotatable bonds is 2. The zero-order valence-electron chi connectivity index (χ0n) is 9.36. The third-order valence-corrected chi connectivity index (χ3v) is 4.17. The number of aromatic nitrogens is 3. The van der Waals surface area contributed by atoms with Crippen molar-refractivity contribution >= 4 is 38.4 Å². The van der Waals surface area contributed by atoms with Gasteiger partial charge in [0.15, 0.2) is 0 Å². The molecule has 0 radical (unpaired) electrons. The van der Waals surface area contributed by atoms with Crippen LogP contribution in [0.1, 0.15) is 12.7 Å². The predicted molar refractivity (Wildman–Crippen MR) is 72.8 cm³/mol. The second kappa shape index (κ2) is 4.33. The van der Waals surface area contributed by atoms with Gasteiger partial charge in [0.2, 0.25) is 0 Å². The highest BCUT2D eigenvalue weighted by atomic mass is 79.9. The molecule has 0 atom stereocenters. The first-order chi connectivity index (χ1) is 8.69. The molecule has 5 nitrogen and oxygen atoms in total. The lowest BCUT2D eigenvalue weighted by molar-refractivity contribution is 0.450. The van der Waals surface area contributed by atoms with Crippen molar-refractivity contribution in [2.75, 3.05) is 0 Å². The fourth-order valence-corrected chi connectivity index (χ4v) is 3.06. The van der Waals surface area contributed by atoms with Crippen LogP contribution >= 0.6 is 27.3 Å². The Bertz CT molecular complexity index is 774. The standard InChI is InChI=1S/C11H8BrN3O2S/c1-2-7-13-10(16)8-9(15-17-11(8)14-7)5-3-4-6(12)18-5/h3-4H,2H2,1H3,(H,13,14,16). The van der Waals surface area contributed by atoms with Crippen LogP contribution in [0.2, 0.25) is 0 Å². The van der Waals surface area contributed by atoms with E-state index in [2.05, 4.69) is 31.1 Å². The van der Waals surface area contributed by atoms with E-state index in [4.69, 9.17) is 4.52 Å². The van der Waals surface area contributed by atoms with E-state index in [-0.39, 0.29) is 11.3 Å². The highest BCUT2D eigenvalue weighted by Crippen LogP contribution is 2.33. The van der Waals surface area contributed by atoms with E-state index in [0.29, 0.717) is 23.3 Å². The van der Waals surface area contributed by atoms with E-state index < -0.39 is 0 Å². The predicted octanol–water partition coefficient (Wildman–Crippen LogP) is 2.96. The van der Waals surface area contributed by atoms with Crippen molar-refractivity contribution in [1.29, 1.82) is 0 Å². The minimum Gasteiger partial charge on any atom is -0.335 e. The van der Waals surface area contributed by atoms with Crippen molar-refractivity contribution in [3.05, 3.63) is 32.1 Å². The van der Waals surface area contributed by atoms with Crippen molar-refractivity contribution in [3.8, 4) is 10.6 Å². The highest BCUT2D eigenvalue weighted by molar-refractivity contribution is 9.11. The molecule has 0 fully saturated rings. The summed E-state index contributed by atoms with van der Waals surface area (Å²) in [6.07, 6.45) is 0.645. The fourth-order valence-electron chi connectivity index (χ4n) is 1.68. The first kappa shape index (κ1) is 11.6. The number of hydrogen-bond donors (Lipinski definition) is 1. The van der Waals surface area contributed by atoms with Gasteiger partial charge in [0.1, 0.15) is 16.9 Å². The van der Waals surface area contributed by atoms with Gasteiger partial charge in [-0.15, -0.1) is 11.3 Å². The molecule has 3 aromatic rings. The molecule has 0 aromatic carbocycles. The van der Waals surface area contributed by atoms with Gasteiger partial charge >= 0.3 is 0 Å². The number of aromatic amines is 1. The van der Waals surface area contributed by atoms with Crippen LogP contribution in [0.15, 0.2) is 25.2 Å². The Morgan fingerprint density at radius 3 is 3.00 bits per heavy atom. The quantitative estimate of drug-likeness (QED) is 0.786. The third-order valence-electron chi connectivity index (χ3n) is 2.54. The molecule has 0 aliphatic heterocycles. The molecule has 0 aliphatic rings. The van der Waals surface area contributed by atoms with E-state index in [1.54, 1.807) is 0 Å². The summed E-state index contributed by atoms with van der Waals surface area (Å²) >= 11 is 4.87. The number of fused-ring (bicyclic) bond motifs is 1. The second-order valence-corrected chi connectivity index (χ2v) is 6.14. The van der Waals surface area contributed by atoms with Gasteiger partial charge in [0, 0.05) is 6.42 Å². The van der Waals surface area contributed by atoms with Crippen molar-refractivity contribution < 1.29 is 4.52 Å². The first-order valence-corrected chi connectivity index (χ1v) is 6.94. The van der Waals surface area contributed by atoms with Gasteiger partial charge in [0.25, 0.3) is 11.3 Å². The number of halogens is 1. The average molecular weight is 326 g/mol. The van der Waals surface area contributed by atoms with Gasteiger partial charge < -0.3 is 9.51 Å². The van der Waals surface area contributed by atoms with Gasteiger partial charge in [0.05, 0.1) is 8.66 Å². The summed E-state index contributed by atoms with van der Waals surface area (Å²) in [5, 5.41) is 4.35. The van der Waals surface area contributed by atoms with Gasteiger partial charge in [-0.3, -0.25) is 4.79 Å². The lowest BCUT2D eigenvalue weighted by Crippen LogP contribution is -2.10. The Morgan fingerprint density at radius 1 is 1.50 bits per heavy atom. The molecule has 0 saturated carbocycles. The summed E-state index contributed by atoms with van der Waals surface area (Å²) in [7, 11) is 0. The summed E-state index contributed by atoms with van der Waals surface area (Å²) in [5.74, 6) is 0.600. The SMILES string of the molecule is CCc1nc2onc(-c3ccc(Br)s3)c2c(=O)[nH]1. The molecular weight excluding hydrogens is 318 g/mol. The molecule has 0 amide bonds. The second-order valence-electron chi connectivity index (χ2n) is 3.68. The number of thiophene rings is 1. The zero-order valence-corrected chi connectivity index (χ0v) is 11.8. The molecule has 1 N–H and O–H groups in total. The van der Waals surface area contributed by atoms with Crippen LogP contribution < -0.4 is 5.56 Å². The molecule has 0 bridgehead atoms. The van der Waals surface area contributed by atoms with Crippen molar-refractivity contribution in [1.82, 2.24) is 15.1 Å². The maximum absolute atomic E-state index is 12.0. The van der Waals surface area contributed by atoms with E-state index in [9.17, 15) is 4.79 Å². The molecule has 0 aliphatic carbocycles. The summed E-state index contributed by atoms with van der Waals surface area (Å²) in [6, 6.07) is 3.79. The summed E-state index contributed by atoms with van der Waals surface area (Å²) in [6.45, 7) is 1.91. The minimum atomic E-state index is -0.211. The van der Waals surface area contributed by atoms with Crippen LogP contribution in [-0.4, -0.2) is 15.1 Å². The Morgan fingerprint density at radius 2 is 2.33 bits per heavy atom. The topological polar surface area (TPSA) is 71.8 Å². The Labute approximate surface area is 114 Å². The van der Waals surface area contributed by atoms with E-state index in [0.717, 1.165) is 8.66 Å². The maximum Gasteiger partial charge on any atom is 0.265 e. The Kier molecular flexibility index (Phi) is 2.79. The number of nitrogens with zero attached hydrogens (tertiary/aromatic N) is 2. The van der Waals surface area contributed by atoms with Gasteiger partial charge in [-0.2, -0.15) is 4.98 Å². The lowest BCUT2D eigenvalue weighted by atomic mass is 10.2. The molecule has 3 heterocycles. The highest BCUT2D eigenvalue weighted by Gasteiger charge is 2.17. The lowest BCUT2D eigenvalue weighted by Gasteiger charge is -1.94. The van der Waals surface area contributed by atoms with Crippen molar-refractivity contribution in [2.45, 2.75) is 13.3 Å². The van der Waals surface area contributed by atoms with Crippen LogP contribution in [0.5, 0.6) is 0 Å². The molecular formula is C11H8BrN3O2S. The van der Waals surface area contributed by atoms with Crippen LogP contribution in [-0.2, 0) is 6.42 Å². The van der Waals surface area contributed by atoms with Crippen molar-refractivity contribution in [2.24, 2.45) is 0 Å². The van der Waals surface area contributed by atoms with Crippen LogP contribution in [0.4, 0.5) is 0 Å². The molecule has 0 unspecified atom stereocenters. The zero-order chi connectivity index (χ0) is 12.7. The van der Waals surface area contributed by atoms with Gasteiger partial charge in [-0.1, -0.05) is 12.1 Å². The van der Waals surface area contributed by atoms with Crippen LogP contribution in [0, 0.1) is 0 Å². The third kappa shape index (κ3) is 1.79. The Hall–Kier alpha value is -1.47. The smallest absolute Gasteiger partial charge is 0.265 e. The first-order valence-electron chi connectivity index (χ1n) is 5.33. The molecule has 18 heavy (non-hydrogen) atoms. The largest absolute Gasteiger partial charge is 0.335 e. The maximum atomic E-state index is 12.0. The normalized spacial score (nSPS) is 11.2. The fraction of sp³-hybridized carbons (Fsp3) is 0.182. The van der Waals surface area contributed by atoms with Crippen molar-refractivity contribution in [3.63, 3.8) is 0 Å². The number of aryl methyl sites for hydroxylation is 1. The minimum absolute atomic E-state index is 0.211. The summed E-state index contributed by atoms with van der Waals surface area (Å²) < 4.78 is 6.12. The molecule has 0 saturated heterocycles. The molecule has 3 rings (SSSR count). The van der Waals surface area contributed by atoms with Crippen LogP contribution in [0.3, 0.4) is 0 Å². The van der Waals surface area contributed by atoms with E-state index in [1.807, 2.05) is 19.1 Å². The van der Waals surface area contributed by atoms with Crippen LogP contribution in [0.25, 0.3) is 21.7 Å². The summed E-state index contributed by atoms with van der Waals surface area (Å²) in [4.78, 5) is 19.8. The number of H-pyrrole nitrogens is 1.